The summed E-state index contributed by atoms with van der Waals surface area (Å²) >= 11 is 0. The molecule has 1 atom stereocenters. The van der Waals surface area contributed by atoms with Crippen LogP contribution in [-0.2, 0) is 27.3 Å². The number of rotatable bonds is 7. The van der Waals surface area contributed by atoms with Gasteiger partial charge in [0.1, 0.15) is 0 Å². The van der Waals surface area contributed by atoms with Crippen LogP contribution in [0.15, 0.2) is 48.5 Å². The Balaban J connectivity index is 1.57. The van der Waals surface area contributed by atoms with Crippen molar-refractivity contribution < 1.29 is 23.8 Å². The maximum Gasteiger partial charge on any atom is 0.331 e. The lowest BCUT2D eigenvalue weighted by atomic mass is 9.99. The van der Waals surface area contributed by atoms with Gasteiger partial charge in [-0.25, -0.2) is 4.79 Å². The summed E-state index contributed by atoms with van der Waals surface area (Å²) < 4.78 is 16.4. The number of amides is 1. The number of benzene rings is 2. The molecule has 3 rings (SSSR count). The molecule has 0 saturated heterocycles. The SMILES string of the molecule is COc1cc(/C=C/C(=O)O[C@H](C)C(=O)N2CCc3ccccc3C2)ccc1OC(C)C. The highest BCUT2D eigenvalue weighted by Crippen LogP contribution is 2.29. The van der Waals surface area contributed by atoms with E-state index in [0.717, 1.165) is 17.5 Å². The van der Waals surface area contributed by atoms with Crippen molar-refractivity contribution in [1.29, 1.82) is 0 Å². The van der Waals surface area contributed by atoms with Crippen molar-refractivity contribution in [2.24, 2.45) is 0 Å². The second-order valence-corrected chi connectivity index (χ2v) is 7.77. The summed E-state index contributed by atoms with van der Waals surface area (Å²) in [6.07, 6.45) is 2.92. The van der Waals surface area contributed by atoms with Crippen molar-refractivity contribution in [3.05, 3.63) is 65.2 Å². The summed E-state index contributed by atoms with van der Waals surface area (Å²) in [7, 11) is 1.57. The number of methoxy groups -OCH3 is 1. The minimum absolute atomic E-state index is 0.0256. The van der Waals surface area contributed by atoms with Crippen LogP contribution in [0.3, 0.4) is 0 Å². The maximum atomic E-state index is 12.7. The van der Waals surface area contributed by atoms with E-state index in [1.54, 1.807) is 37.1 Å². The van der Waals surface area contributed by atoms with E-state index >= 15 is 0 Å². The van der Waals surface area contributed by atoms with Gasteiger partial charge in [0.05, 0.1) is 13.2 Å². The largest absolute Gasteiger partial charge is 0.493 e. The van der Waals surface area contributed by atoms with Gasteiger partial charge in [-0.3, -0.25) is 4.79 Å². The Morgan fingerprint density at radius 2 is 1.77 bits per heavy atom. The number of nitrogens with zero attached hydrogens (tertiary/aromatic N) is 1. The van der Waals surface area contributed by atoms with Crippen LogP contribution in [0.2, 0.25) is 0 Å². The van der Waals surface area contributed by atoms with Gasteiger partial charge in [0, 0.05) is 19.2 Å². The Kier molecular flexibility index (Phi) is 7.34. The normalized spacial score (nSPS) is 14.3. The zero-order valence-electron chi connectivity index (χ0n) is 18.5. The third-order valence-electron chi connectivity index (χ3n) is 5.05. The first kappa shape index (κ1) is 22.4. The molecule has 164 valence electrons. The van der Waals surface area contributed by atoms with Crippen molar-refractivity contribution in [3.63, 3.8) is 0 Å². The highest BCUT2D eigenvalue weighted by molar-refractivity contribution is 5.90. The Morgan fingerprint density at radius 1 is 1.03 bits per heavy atom. The number of esters is 1. The molecule has 2 aromatic rings. The van der Waals surface area contributed by atoms with Gasteiger partial charge in [0.25, 0.3) is 5.91 Å². The smallest absolute Gasteiger partial charge is 0.331 e. The fraction of sp³-hybridized carbons (Fsp3) is 0.360. The molecule has 0 bridgehead atoms. The first-order valence-electron chi connectivity index (χ1n) is 10.5. The molecule has 1 heterocycles. The van der Waals surface area contributed by atoms with E-state index in [2.05, 4.69) is 6.07 Å². The number of fused-ring (bicyclic) bond motifs is 1. The number of carbonyl (C=O) groups is 2. The summed E-state index contributed by atoms with van der Waals surface area (Å²) in [5.41, 5.74) is 3.16. The molecule has 0 unspecified atom stereocenters. The van der Waals surface area contributed by atoms with E-state index in [-0.39, 0.29) is 12.0 Å². The maximum absolute atomic E-state index is 12.7. The number of hydrogen-bond donors (Lipinski definition) is 0. The second kappa shape index (κ2) is 10.2. The van der Waals surface area contributed by atoms with Gasteiger partial charge in [0.2, 0.25) is 0 Å². The third kappa shape index (κ3) is 5.87. The van der Waals surface area contributed by atoms with Crippen LogP contribution >= 0.6 is 0 Å². The molecule has 1 aliphatic rings. The molecule has 31 heavy (non-hydrogen) atoms. The zero-order valence-corrected chi connectivity index (χ0v) is 18.5. The van der Waals surface area contributed by atoms with E-state index in [9.17, 15) is 9.59 Å². The molecule has 1 amide bonds. The lowest BCUT2D eigenvalue weighted by Crippen LogP contribution is -2.42. The molecule has 2 aromatic carbocycles. The van der Waals surface area contributed by atoms with Crippen LogP contribution in [0.4, 0.5) is 0 Å². The van der Waals surface area contributed by atoms with Crippen molar-refractivity contribution in [2.75, 3.05) is 13.7 Å². The van der Waals surface area contributed by atoms with Crippen molar-refractivity contribution in [2.45, 2.75) is 45.9 Å². The van der Waals surface area contributed by atoms with Gasteiger partial charge in [-0.05, 0) is 62.1 Å². The summed E-state index contributed by atoms with van der Waals surface area (Å²) in [4.78, 5) is 26.7. The summed E-state index contributed by atoms with van der Waals surface area (Å²) in [6.45, 7) is 6.65. The van der Waals surface area contributed by atoms with Crippen molar-refractivity contribution >= 4 is 18.0 Å². The van der Waals surface area contributed by atoms with E-state index in [0.29, 0.717) is 24.6 Å². The van der Waals surface area contributed by atoms with Crippen LogP contribution in [-0.4, -0.2) is 42.6 Å². The van der Waals surface area contributed by atoms with Gasteiger partial charge in [0.15, 0.2) is 17.6 Å². The molecule has 0 fully saturated rings. The fourth-order valence-electron chi connectivity index (χ4n) is 3.51. The van der Waals surface area contributed by atoms with Gasteiger partial charge in [-0.2, -0.15) is 0 Å². The lowest BCUT2D eigenvalue weighted by Gasteiger charge is -2.30. The molecule has 0 aliphatic carbocycles. The average molecular weight is 424 g/mol. The van der Waals surface area contributed by atoms with E-state index in [1.165, 1.54) is 11.6 Å². The number of ether oxygens (including phenoxy) is 3. The molecule has 0 saturated carbocycles. The minimum atomic E-state index is -0.848. The van der Waals surface area contributed by atoms with Gasteiger partial charge < -0.3 is 19.1 Å². The Hall–Kier alpha value is -3.28. The average Bonchev–Trinajstić information content (AvgIpc) is 2.77. The molecule has 6 heteroatoms. The zero-order chi connectivity index (χ0) is 22.4. The second-order valence-electron chi connectivity index (χ2n) is 7.77. The standard InChI is InChI=1S/C25H29NO5/c1-17(2)30-22-11-9-19(15-23(22)29-4)10-12-24(27)31-18(3)25(28)26-14-13-20-7-5-6-8-21(20)16-26/h5-12,15,17-18H,13-14,16H2,1-4H3/b12-10+/t18-/m1/s1. The topological polar surface area (TPSA) is 65.1 Å². The van der Waals surface area contributed by atoms with Crippen LogP contribution in [0.25, 0.3) is 6.08 Å². The van der Waals surface area contributed by atoms with Crippen LogP contribution < -0.4 is 9.47 Å². The predicted octanol–water partition coefficient (Wildman–Crippen LogP) is 4.01. The molecule has 0 N–H and O–H groups in total. The molecular formula is C25H29NO5. The summed E-state index contributed by atoms with van der Waals surface area (Å²) in [5, 5.41) is 0. The van der Waals surface area contributed by atoms with Gasteiger partial charge in [-0.15, -0.1) is 0 Å². The number of carbonyl (C=O) groups excluding carboxylic acids is 2. The molecule has 0 radical (unpaired) electrons. The Labute approximate surface area is 183 Å². The van der Waals surface area contributed by atoms with E-state index in [4.69, 9.17) is 14.2 Å². The van der Waals surface area contributed by atoms with E-state index < -0.39 is 12.1 Å². The first-order valence-corrected chi connectivity index (χ1v) is 10.5. The van der Waals surface area contributed by atoms with Gasteiger partial charge in [-0.1, -0.05) is 30.3 Å². The molecule has 0 spiro atoms. The molecule has 1 aliphatic heterocycles. The Morgan fingerprint density at radius 3 is 2.48 bits per heavy atom. The van der Waals surface area contributed by atoms with Crippen LogP contribution in [0.5, 0.6) is 11.5 Å². The first-order chi connectivity index (χ1) is 14.9. The highest BCUT2D eigenvalue weighted by atomic mass is 16.5. The minimum Gasteiger partial charge on any atom is -0.493 e. The highest BCUT2D eigenvalue weighted by Gasteiger charge is 2.26. The van der Waals surface area contributed by atoms with Crippen molar-refractivity contribution in [1.82, 2.24) is 4.90 Å². The van der Waals surface area contributed by atoms with Gasteiger partial charge >= 0.3 is 5.97 Å². The molecular weight excluding hydrogens is 394 g/mol. The van der Waals surface area contributed by atoms with E-state index in [1.807, 2.05) is 38.1 Å². The molecule has 6 nitrogen and oxygen atoms in total. The summed E-state index contributed by atoms with van der Waals surface area (Å²) in [5.74, 6) is 0.463. The molecule has 0 aromatic heterocycles. The Bertz CT molecular complexity index is 966. The van der Waals surface area contributed by atoms with Crippen LogP contribution in [0, 0.1) is 0 Å². The quantitative estimate of drug-likeness (QED) is 0.497. The monoisotopic (exact) mass is 423 g/mol. The third-order valence-corrected chi connectivity index (χ3v) is 5.05. The fourth-order valence-corrected chi connectivity index (χ4v) is 3.51. The predicted molar refractivity (Wildman–Crippen MR) is 119 cm³/mol. The van der Waals surface area contributed by atoms with Crippen LogP contribution in [0.1, 0.15) is 37.5 Å². The number of hydrogen-bond acceptors (Lipinski definition) is 5. The summed E-state index contributed by atoms with van der Waals surface area (Å²) in [6, 6.07) is 13.5. The van der Waals surface area contributed by atoms with Crippen molar-refractivity contribution in [3.8, 4) is 11.5 Å². The lowest BCUT2D eigenvalue weighted by molar-refractivity contribution is -0.155.